The molecule has 2 aromatic rings. The summed E-state index contributed by atoms with van der Waals surface area (Å²) in [4.78, 5) is 15.4. The summed E-state index contributed by atoms with van der Waals surface area (Å²) in [5, 5.41) is 6.44. The van der Waals surface area contributed by atoms with Crippen molar-refractivity contribution in [1.29, 1.82) is 0 Å². The van der Waals surface area contributed by atoms with Crippen molar-refractivity contribution in [3.8, 4) is 0 Å². The molecule has 25 heavy (non-hydrogen) atoms. The molecule has 0 amide bonds. The van der Waals surface area contributed by atoms with Crippen LogP contribution in [-0.2, 0) is 17.7 Å². The van der Waals surface area contributed by atoms with Gasteiger partial charge in [0.05, 0.1) is 12.2 Å². The molecule has 1 unspecified atom stereocenters. The molecular weight excluding hydrogens is 449 g/mol. The van der Waals surface area contributed by atoms with Crippen molar-refractivity contribution < 1.29 is 4.74 Å². The van der Waals surface area contributed by atoms with E-state index in [1.165, 1.54) is 0 Å². The Morgan fingerprint density at radius 3 is 2.84 bits per heavy atom. The van der Waals surface area contributed by atoms with Gasteiger partial charge in [-0.25, -0.2) is 4.98 Å². The number of methoxy groups -OCH3 is 1. The SMILES string of the molecule is CN=C(NCCc1ccccn1)N(C)Cc1csc(C(C)OC)n1.I. The van der Waals surface area contributed by atoms with Crippen molar-refractivity contribution in [3.63, 3.8) is 0 Å². The number of aliphatic imine (C=N–C) groups is 1. The third-order valence-electron chi connectivity index (χ3n) is 3.63. The maximum Gasteiger partial charge on any atom is 0.193 e. The summed E-state index contributed by atoms with van der Waals surface area (Å²) in [6.07, 6.45) is 2.71. The largest absolute Gasteiger partial charge is 0.375 e. The van der Waals surface area contributed by atoms with E-state index in [4.69, 9.17) is 4.74 Å². The molecule has 138 valence electrons. The Balaban J connectivity index is 0.00000312. The van der Waals surface area contributed by atoms with Crippen LogP contribution in [-0.4, -0.2) is 48.6 Å². The van der Waals surface area contributed by atoms with Gasteiger partial charge in [-0.15, -0.1) is 35.3 Å². The molecule has 0 aliphatic rings. The second-order valence-electron chi connectivity index (χ2n) is 5.46. The van der Waals surface area contributed by atoms with Crippen LogP contribution in [0.4, 0.5) is 0 Å². The Morgan fingerprint density at radius 1 is 1.40 bits per heavy atom. The van der Waals surface area contributed by atoms with Crippen LogP contribution >= 0.6 is 35.3 Å². The van der Waals surface area contributed by atoms with E-state index in [1.54, 1.807) is 25.5 Å². The molecule has 0 spiro atoms. The lowest BCUT2D eigenvalue weighted by Gasteiger charge is -2.21. The molecule has 8 heteroatoms. The monoisotopic (exact) mass is 475 g/mol. The lowest BCUT2D eigenvalue weighted by atomic mass is 10.3. The minimum atomic E-state index is 0. The molecule has 2 aromatic heterocycles. The van der Waals surface area contributed by atoms with Gasteiger partial charge in [-0.1, -0.05) is 6.07 Å². The van der Waals surface area contributed by atoms with Gasteiger partial charge in [0.25, 0.3) is 0 Å². The van der Waals surface area contributed by atoms with E-state index in [0.717, 1.165) is 35.3 Å². The first kappa shape index (κ1) is 21.8. The van der Waals surface area contributed by atoms with Crippen molar-refractivity contribution in [2.75, 3.05) is 27.7 Å². The van der Waals surface area contributed by atoms with Crippen LogP contribution in [0.15, 0.2) is 34.8 Å². The minimum absolute atomic E-state index is 0. The highest BCUT2D eigenvalue weighted by molar-refractivity contribution is 14.0. The lowest BCUT2D eigenvalue weighted by Crippen LogP contribution is -2.39. The third kappa shape index (κ3) is 6.87. The Morgan fingerprint density at radius 2 is 2.20 bits per heavy atom. The molecule has 0 aromatic carbocycles. The number of ether oxygens (including phenoxy) is 1. The maximum atomic E-state index is 5.31. The molecule has 0 radical (unpaired) electrons. The summed E-state index contributed by atoms with van der Waals surface area (Å²) >= 11 is 1.63. The molecule has 0 saturated heterocycles. The Labute approximate surface area is 170 Å². The molecule has 1 N–H and O–H groups in total. The molecule has 0 aliphatic carbocycles. The number of rotatable bonds is 7. The highest BCUT2D eigenvalue weighted by Gasteiger charge is 2.12. The van der Waals surface area contributed by atoms with Gasteiger partial charge in [0.1, 0.15) is 11.1 Å². The Hall–Kier alpha value is -1.26. The van der Waals surface area contributed by atoms with E-state index >= 15 is 0 Å². The number of halogens is 1. The van der Waals surface area contributed by atoms with E-state index in [2.05, 4.69) is 30.6 Å². The normalized spacial score (nSPS) is 12.4. The van der Waals surface area contributed by atoms with Gasteiger partial charge < -0.3 is 15.0 Å². The van der Waals surface area contributed by atoms with Gasteiger partial charge in [-0.05, 0) is 19.1 Å². The topological polar surface area (TPSA) is 62.6 Å². The van der Waals surface area contributed by atoms with E-state index in [0.29, 0.717) is 6.54 Å². The maximum absolute atomic E-state index is 5.31. The third-order valence-corrected chi connectivity index (χ3v) is 4.69. The van der Waals surface area contributed by atoms with E-state index in [-0.39, 0.29) is 30.1 Å². The Bertz CT molecular complexity index is 649. The summed E-state index contributed by atoms with van der Waals surface area (Å²) in [6.45, 7) is 3.50. The van der Waals surface area contributed by atoms with Gasteiger partial charge in [0.15, 0.2) is 5.96 Å². The molecule has 6 nitrogen and oxygen atoms in total. The van der Waals surface area contributed by atoms with Crippen LogP contribution in [0, 0.1) is 0 Å². The van der Waals surface area contributed by atoms with E-state index in [9.17, 15) is 0 Å². The predicted molar refractivity (Wildman–Crippen MR) is 114 cm³/mol. The van der Waals surface area contributed by atoms with Crippen LogP contribution in [0.25, 0.3) is 0 Å². The number of guanidine groups is 1. The second-order valence-corrected chi connectivity index (χ2v) is 6.35. The molecule has 2 rings (SSSR count). The van der Waals surface area contributed by atoms with E-state index < -0.39 is 0 Å². The number of hydrogen-bond acceptors (Lipinski definition) is 5. The van der Waals surface area contributed by atoms with Gasteiger partial charge in [0.2, 0.25) is 0 Å². The first-order chi connectivity index (χ1) is 11.6. The zero-order valence-corrected chi connectivity index (χ0v) is 18.2. The molecule has 0 saturated carbocycles. The van der Waals surface area contributed by atoms with Gasteiger partial charge in [-0.3, -0.25) is 9.98 Å². The highest BCUT2D eigenvalue weighted by Crippen LogP contribution is 2.20. The average molecular weight is 475 g/mol. The molecular formula is C17H26IN5OS. The quantitative estimate of drug-likeness (QED) is 0.379. The lowest BCUT2D eigenvalue weighted by molar-refractivity contribution is 0.119. The van der Waals surface area contributed by atoms with Crippen molar-refractivity contribution in [1.82, 2.24) is 20.2 Å². The molecule has 2 heterocycles. The summed E-state index contributed by atoms with van der Waals surface area (Å²) in [5.41, 5.74) is 2.09. The van der Waals surface area contributed by atoms with Crippen molar-refractivity contribution in [3.05, 3.63) is 46.2 Å². The first-order valence-corrected chi connectivity index (χ1v) is 8.80. The van der Waals surface area contributed by atoms with Crippen LogP contribution in [0.2, 0.25) is 0 Å². The average Bonchev–Trinajstić information content (AvgIpc) is 3.07. The van der Waals surface area contributed by atoms with Crippen molar-refractivity contribution >= 4 is 41.3 Å². The highest BCUT2D eigenvalue weighted by atomic mass is 127. The summed E-state index contributed by atoms with van der Waals surface area (Å²) < 4.78 is 5.31. The fourth-order valence-electron chi connectivity index (χ4n) is 2.23. The zero-order valence-electron chi connectivity index (χ0n) is 15.1. The summed E-state index contributed by atoms with van der Waals surface area (Å²) in [6, 6.07) is 5.96. The molecule has 1 atom stereocenters. The second kappa shape index (κ2) is 11.4. The fraction of sp³-hybridized carbons (Fsp3) is 0.471. The van der Waals surface area contributed by atoms with Crippen LogP contribution in [0.5, 0.6) is 0 Å². The standard InChI is InChI=1S/C17H25N5OS.HI/c1-13(23-4)16-21-15(12-24-16)11-22(3)17(18-2)20-10-8-14-7-5-6-9-19-14;/h5-7,9,12-13H,8,10-11H2,1-4H3,(H,18,20);1H. The number of pyridine rings is 1. The van der Waals surface area contributed by atoms with Crippen molar-refractivity contribution in [2.24, 2.45) is 4.99 Å². The molecule has 0 aliphatic heterocycles. The molecule has 0 bridgehead atoms. The first-order valence-electron chi connectivity index (χ1n) is 7.92. The number of aromatic nitrogens is 2. The van der Waals surface area contributed by atoms with E-state index in [1.807, 2.05) is 38.4 Å². The number of hydrogen-bond donors (Lipinski definition) is 1. The smallest absolute Gasteiger partial charge is 0.193 e. The van der Waals surface area contributed by atoms with Crippen LogP contribution < -0.4 is 5.32 Å². The minimum Gasteiger partial charge on any atom is -0.375 e. The zero-order chi connectivity index (χ0) is 17.4. The molecule has 0 fully saturated rings. The summed E-state index contributed by atoms with van der Waals surface area (Å²) in [7, 11) is 5.50. The van der Waals surface area contributed by atoms with Crippen LogP contribution in [0.3, 0.4) is 0 Å². The number of nitrogens with zero attached hydrogens (tertiary/aromatic N) is 4. The van der Waals surface area contributed by atoms with Crippen LogP contribution in [0.1, 0.15) is 29.4 Å². The summed E-state index contributed by atoms with van der Waals surface area (Å²) in [5.74, 6) is 0.847. The van der Waals surface area contributed by atoms with Gasteiger partial charge in [-0.2, -0.15) is 0 Å². The fourth-order valence-corrected chi connectivity index (χ4v) is 3.08. The number of thiazole rings is 1. The Kier molecular flexibility index (Phi) is 9.91. The van der Waals surface area contributed by atoms with Crippen molar-refractivity contribution in [2.45, 2.75) is 26.0 Å². The van der Waals surface area contributed by atoms with Gasteiger partial charge in [0, 0.05) is 51.4 Å². The van der Waals surface area contributed by atoms with Gasteiger partial charge >= 0.3 is 0 Å². The number of nitrogens with one attached hydrogen (secondary N) is 1. The predicted octanol–water partition coefficient (Wildman–Crippen LogP) is 3.11.